The van der Waals surface area contributed by atoms with Gasteiger partial charge in [-0.2, -0.15) is 0 Å². The van der Waals surface area contributed by atoms with Crippen LogP contribution in [0.1, 0.15) is 5.56 Å². The summed E-state index contributed by atoms with van der Waals surface area (Å²) >= 11 is 3.08. The minimum atomic E-state index is -3.49. The van der Waals surface area contributed by atoms with Gasteiger partial charge in [0.05, 0.1) is 4.90 Å². The quantitative estimate of drug-likeness (QED) is 0.833. The van der Waals surface area contributed by atoms with Crippen LogP contribution in [0.3, 0.4) is 0 Å². The summed E-state index contributed by atoms with van der Waals surface area (Å²) < 4.78 is 26.6. The molecule has 0 radical (unpaired) electrons. The van der Waals surface area contributed by atoms with Gasteiger partial charge in [0.1, 0.15) is 0 Å². The summed E-state index contributed by atoms with van der Waals surface area (Å²) in [5.41, 5.74) is 6.93. The minimum absolute atomic E-state index is 0.158. The van der Waals surface area contributed by atoms with Crippen LogP contribution < -0.4 is 10.5 Å². The number of nitrogens with two attached hydrogens (primary N) is 1. The van der Waals surface area contributed by atoms with Crippen LogP contribution in [0.25, 0.3) is 0 Å². The molecule has 0 amide bonds. The number of halogens is 1. The number of benzene rings is 1. The van der Waals surface area contributed by atoms with E-state index in [0.29, 0.717) is 10.2 Å². The van der Waals surface area contributed by atoms with Gasteiger partial charge in [-0.25, -0.2) is 13.1 Å². The lowest BCUT2D eigenvalue weighted by molar-refractivity contribution is 0.585. The third kappa shape index (κ3) is 3.33. The smallest absolute Gasteiger partial charge is 0.240 e. The van der Waals surface area contributed by atoms with Crippen LogP contribution in [-0.2, 0) is 10.0 Å². The predicted molar refractivity (Wildman–Crippen MR) is 68.8 cm³/mol. The van der Waals surface area contributed by atoms with E-state index in [9.17, 15) is 8.42 Å². The van der Waals surface area contributed by atoms with Gasteiger partial charge in [0, 0.05) is 16.7 Å². The normalized spacial score (nSPS) is 11.4. The standard InChI is InChI=1S/C10H13BrN2O2S/c1-7-5-9(3-4-10(7)12)16(14,15)13-6-8(2)11/h3-5,13H,2,6,12H2,1H3. The van der Waals surface area contributed by atoms with Crippen molar-refractivity contribution >= 4 is 31.6 Å². The third-order valence-corrected chi connectivity index (χ3v) is 3.68. The number of nitrogens with one attached hydrogen (secondary N) is 1. The molecule has 3 N–H and O–H groups in total. The van der Waals surface area contributed by atoms with E-state index in [4.69, 9.17) is 5.73 Å². The van der Waals surface area contributed by atoms with Crippen LogP contribution in [0, 0.1) is 6.92 Å². The van der Waals surface area contributed by atoms with Crippen molar-refractivity contribution in [3.8, 4) is 0 Å². The number of nitrogen functional groups attached to an aromatic ring is 1. The molecule has 0 aliphatic heterocycles. The van der Waals surface area contributed by atoms with Gasteiger partial charge in [-0.3, -0.25) is 0 Å². The molecular formula is C10H13BrN2O2S. The molecule has 1 rings (SSSR count). The topological polar surface area (TPSA) is 72.2 Å². The molecule has 0 aromatic heterocycles. The van der Waals surface area contributed by atoms with Crippen molar-refractivity contribution < 1.29 is 8.42 Å². The largest absolute Gasteiger partial charge is 0.399 e. The number of aryl methyl sites for hydroxylation is 1. The van der Waals surface area contributed by atoms with Crippen molar-refractivity contribution in [2.75, 3.05) is 12.3 Å². The maximum absolute atomic E-state index is 11.8. The first-order valence-corrected chi connectivity index (χ1v) is 6.79. The molecule has 0 aliphatic carbocycles. The van der Waals surface area contributed by atoms with E-state index in [2.05, 4.69) is 27.2 Å². The summed E-state index contributed by atoms with van der Waals surface area (Å²) in [7, 11) is -3.49. The zero-order valence-electron chi connectivity index (χ0n) is 8.83. The maximum atomic E-state index is 11.8. The summed E-state index contributed by atoms with van der Waals surface area (Å²) in [5, 5.41) is 0. The van der Waals surface area contributed by atoms with Gasteiger partial charge in [-0.15, -0.1) is 0 Å². The molecule has 0 saturated heterocycles. The summed E-state index contributed by atoms with van der Waals surface area (Å²) in [4.78, 5) is 0.202. The molecule has 1 aromatic rings. The van der Waals surface area contributed by atoms with Crippen molar-refractivity contribution in [3.05, 3.63) is 34.8 Å². The molecule has 6 heteroatoms. The van der Waals surface area contributed by atoms with Crippen molar-refractivity contribution in [3.63, 3.8) is 0 Å². The van der Waals surface area contributed by atoms with Gasteiger partial charge in [-0.05, 0) is 30.7 Å². The van der Waals surface area contributed by atoms with Gasteiger partial charge >= 0.3 is 0 Å². The number of hydrogen-bond donors (Lipinski definition) is 2. The van der Waals surface area contributed by atoms with E-state index in [1.165, 1.54) is 12.1 Å². The number of hydrogen-bond acceptors (Lipinski definition) is 3. The Balaban J connectivity index is 2.99. The molecule has 0 fully saturated rings. The lowest BCUT2D eigenvalue weighted by Crippen LogP contribution is -2.24. The van der Waals surface area contributed by atoms with Crippen LogP contribution in [0.5, 0.6) is 0 Å². The molecule has 0 unspecified atom stereocenters. The highest BCUT2D eigenvalue weighted by Crippen LogP contribution is 2.16. The van der Waals surface area contributed by atoms with E-state index >= 15 is 0 Å². The molecule has 0 spiro atoms. The van der Waals surface area contributed by atoms with E-state index in [1.807, 2.05) is 0 Å². The monoisotopic (exact) mass is 304 g/mol. The maximum Gasteiger partial charge on any atom is 0.240 e. The second-order valence-corrected chi connectivity index (χ2v) is 6.25. The van der Waals surface area contributed by atoms with Gasteiger partial charge in [0.2, 0.25) is 10.0 Å². The van der Waals surface area contributed by atoms with Gasteiger partial charge in [-0.1, -0.05) is 22.5 Å². The van der Waals surface area contributed by atoms with E-state index < -0.39 is 10.0 Å². The average molecular weight is 305 g/mol. The summed E-state index contributed by atoms with van der Waals surface area (Å²) in [6, 6.07) is 4.59. The molecule has 0 atom stereocenters. The second-order valence-electron chi connectivity index (χ2n) is 3.36. The molecule has 0 aliphatic rings. The first-order chi connectivity index (χ1) is 7.33. The lowest BCUT2D eigenvalue weighted by atomic mass is 10.2. The zero-order valence-corrected chi connectivity index (χ0v) is 11.2. The lowest BCUT2D eigenvalue weighted by Gasteiger charge is -2.07. The van der Waals surface area contributed by atoms with E-state index in [0.717, 1.165) is 5.56 Å². The van der Waals surface area contributed by atoms with E-state index in [1.54, 1.807) is 13.0 Å². The molecule has 0 saturated carbocycles. The Morgan fingerprint density at radius 1 is 1.56 bits per heavy atom. The fourth-order valence-electron chi connectivity index (χ4n) is 1.07. The Hall–Kier alpha value is -0.850. The van der Waals surface area contributed by atoms with Crippen LogP contribution in [0.4, 0.5) is 5.69 Å². The van der Waals surface area contributed by atoms with Crippen molar-refractivity contribution in [1.82, 2.24) is 4.72 Å². The Morgan fingerprint density at radius 3 is 2.69 bits per heavy atom. The Bertz CT molecular complexity index is 512. The Labute approximate surface area is 104 Å². The Morgan fingerprint density at radius 2 is 2.19 bits per heavy atom. The molecule has 0 bridgehead atoms. The highest BCUT2D eigenvalue weighted by Gasteiger charge is 2.14. The van der Waals surface area contributed by atoms with Crippen LogP contribution in [0.15, 0.2) is 34.2 Å². The number of sulfonamides is 1. The molecule has 1 aromatic carbocycles. The molecule has 0 heterocycles. The van der Waals surface area contributed by atoms with E-state index in [-0.39, 0.29) is 11.4 Å². The zero-order chi connectivity index (χ0) is 12.3. The van der Waals surface area contributed by atoms with Crippen molar-refractivity contribution in [2.24, 2.45) is 0 Å². The summed E-state index contributed by atoms with van der Waals surface area (Å²) in [6.07, 6.45) is 0. The first kappa shape index (κ1) is 13.2. The fraction of sp³-hybridized carbons (Fsp3) is 0.200. The fourth-order valence-corrected chi connectivity index (χ4v) is 2.51. The summed E-state index contributed by atoms with van der Waals surface area (Å²) in [6.45, 7) is 5.47. The van der Waals surface area contributed by atoms with Gasteiger partial charge < -0.3 is 5.73 Å². The highest BCUT2D eigenvalue weighted by molar-refractivity contribution is 9.11. The summed E-state index contributed by atoms with van der Waals surface area (Å²) in [5.74, 6) is 0. The second kappa shape index (κ2) is 4.99. The van der Waals surface area contributed by atoms with Crippen LogP contribution in [-0.4, -0.2) is 15.0 Å². The third-order valence-electron chi connectivity index (χ3n) is 2.01. The number of anilines is 1. The molecule has 88 valence electrons. The average Bonchev–Trinajstić information content (AvgIpc) is 2.19. The van der Waals surface area contributed by atoms with Crippen molar-refractivity contribution in [2.45, 2.75) is 11.8 Å². The highest BCUT2D eigenvalue weighted by atomic mass is 79.9. The van der Waals surface area contributed by atoms with Gasteiger partial charge in [0.15, 0.2) is 0 Å². The molecule has 4 nitrogen and oxygen atoms in total. The van der Waals surface area contributed by atoms with Gasteiger partial charge in [0.25, 0.3) is 0 Å². The van der Waals surface area contributed by atoms with Crippen LogP contribution >= 0.6 is 15.9 Å². The first-order valence-electron chi connectivity index (χ1n) is 4.52. The molecular weight excluding hydrogens is 292 g/mol. The SMILES string of the molecule is C=C(Br)CNS(=O)(=O)c1ccc(N)c(C)c1. The Kier molecular flexibility index (Phi) is 4.12. The predicted octanol–water partition coefficient (Wildman–Crippen LogP) is 1.76. The minimum Gasteiger partial charge on any atom is -0.399 e. The molecule has 16 heavy (non-hydrogen) atoms. The van der Waals surface area contributed by atoms with Crippen LogP contribution in [0.2, 0.25) is 0 Å². The number of rotatable bonds is 4. The van der Waals surface area contributed by atoms with Crippen molar-refractivity contribution in [1.29, 1.82) is 0 Å².